The molecule has 21 heavy (non-hydrogen) atoms. The van der Waals surface area contributed by atoms with Crippen LogP contribution in [0.1, 0.15) is 58.7 Å². The zero-order chi connectivity index (χ0) is 15.3. The van der Waals surface area contributed by atoms with Crippen molar-refractivity contribution in [1.29, 1.82) is 0 Å². The van der Waals surface area contributed by atoms with Crippen molar-refractivity contribution in [1.82, 2.24) is 15.3 Å². The Bertz CT molecular complexity index is 572. The first-order valence-electron chi connectivity index (χ1n) is 7.94. The van der Waals surface area contributed by atoms with Gasteiger partial charge in [0.15, 0.2) is 0 Å². The lowest BCUT2D eigenvalue weighted by molar-refractivity contribution is 0.330. The molecule has 0 saturated carbocycles. The Morgan fingerprint density at radius 1 is 1.14 bits per heavy atom. The average molecular weight is 285 g/mol. The van der Waals surface area contributed by atoms with Gasteiger partial charge in [0.1, 0.15) is 0 Å². The molecule has 3 heteroatoms. The van der Waals surface area contributed by atoms with Gasteiger partial charge >= 0.3 is 0 Å². The molecule has 0 bridgehead atoms. The summed E-state index contributed by atoms with van der Waals surface area (Å²) in [6.45, 7) is 10.1. The van der Waals surface area contributed by atoms with Crippen molar-refractivity contribution < 1.29 is 0 Å². The van der Waals surface area contributed by atoms with Gasteiger partial charge in [0.05, 0.1) is 29.0 Å². The number of para-hydroxylation sites is 2. The van der Waals surface area contributed by atoms with E-state index in [9.17, 15) is 0 Å². The first kappa shape index (κ1) is 15.9. The van der Waals surface area contributed by atoms with Gasteiger partial charge in [-0.15, -0.1) is 0 Å². The number of hydrogen-bond acceptors (Lipinski definition) is 3. The molecule has 0 aliphatic carbocycles. The van der Waals surface area contributed by atoms with Gasteiger partial charge in [-0.2, -0.15) is 0 Å². The summed E-state index contributed by atoms with van der Waals surface area (Å²) in [4.78, 5) is 9.36. The minimum atomic E-state index is 0.293. The smallest absolute Gasteiger partial charge is 0.0890 e. The van der Waals surface area contributed by atoms with Crippen molar-refractivity contribution in [3.63, 3.8) is 0 Å². The van der Waals surface area contributed by atoms with Crippen LogP contribution >= 0.6 is 0 Å². The summed E-state index contributed by atoms with van der Waals surface area (Å²) >= 11 is 0. The molecule has 3 nitrogen and oxygen atoms in total. The molecule has 0 radical (unpaired) electrons. The van der Waals surface area contributed by atoms with Crippen LogP contribution in [0.25, 0.3) is 11.0 Å². The van der Waals surface area contributed by atoms with Gasteiger partial charge in [-0.25, -0.2) is 4.98 Å². The molecule has 0 fully saturated rings. The van der Waals surface area contributed by atoms with Crippen LogP contribution in [0.15, 0.2) is 30.5 Å². The lowest BCUT2D eigenvalue weighted by atomic mass is 9.88. The highest BCUT2D eigenvalue weighted by Crippen LogP contribution is 2.27. The van der Waals surface area contributed by atoms with E-state index in [0.717, 1.165) is 36.1 Å². The van der Waals surface area contributed by atoms with Crippen LogP contribution in [0.3, 0.4) is 0 Å². The van der Waals surface area contributed by atoms with Crippen molar-refractivity contribution in [3.8, 4) is 0 Å². The Morgan fingerprint density at radius 3 is 2.52 bits per heavy atom. The normalized spacial score (nSPS) is 13.5. The van der Waals surface area contributed by atoms with E-state index in [4.69, 9.17) is 4.98 Å². The molecule has 0 amide bonds. The van der Waals surface area contributed by atoms with E-state index in [2.05, 4.69) is 38.0 Å². The maximum absolute atomic E-state index is 4.80. The highest BCUT2D eigenvalue weighted by Gasteiger charge is 2.18. The SMILES string of the molecule is CCCNC(CCC(C)(C)C)c1cnc2ccccc2n1. The van der Waals surface area contributed by atoms with Gasteiger partial charge in [0.2, 0.25) is 0 Å². The van der Waals surface area contributed by atoms with E-state index in [-0.39, 0.29) is 0 Å². The molecule has 1 heterocycles. The van der Waals surface area contributed by atoms with Crippen molar-refractivity contribution in [2.24, 2.45) is 5.41 Å². The maximum Gasteiger partial charge on any atom is 0.0890 e. The Kier molecular flexibility index (Phi) is 5.29. The second-order valence-electron chi connectivity index (χ2n) is 6.89. The monoisotopic (exact) mass is 285 g/mol. The van der Waals surface area contributed by atoms with Gasteiger partial charge in [0, 0.05) is 0 Å². The molecule has 1 unspecified atom stereocenters. The molecule has 2 aromatic rings. The zero-order valence-corrected chi connectivity index (χ0v) is 13.7. The second kappa shape index (κ2) is 6.99. The van der Waals surface area contributed by atoms with E-state index in [1.165, 1.54) is 6.42 Å². The van der Waals surface area contributed by atoms with Crippen LogP contribution < -0.4 is 5.32 Å². The molecular weight excluding hydrogens is 258 g/mol. The van der Waals surface area contributed by atoms with Crippen molar-refractivity contribution in [2.75, 3.05) is 6.54 Å². The number of nitrogens with zero attached hydrogens (tertiary/aromatic N) is 2. The summed E-state index contributed by atoms with van der Waals surface area (Å²) in [6.07, 6.45) is 5.32. The third-order valence-corrected chi connectivity index (χ3v) is 3.65. The van der Waals surface area contributed by atoms with Crippen LogP contribution in [0, 0.1) is 5.41 Å². The molecule has 114 valence electrons. The topological polar surface area (TPSA) is 37.8 Å². The average Bonchev–Trinajstić information content (AvgIpc) is 2.46. The molecular formula is C18H27N3. The summed E-state index contributed by atoms with van der Waals surface area (Å²) < 4.78 is 0. The maximum atomic E-state index is 4.80. The molecule has 1 atom stereocenters. The van der Waals surface area contributed by atoms with Gasteiger partial charge in [-0.05, 0) is 43.4 Å². The highest BCUT2D eigenvalue weighted by atomic mass is 14.9. The second-order valence-corrected chi connectivity index (χ2v) is 6.89. The van der Waals surface area contributed by atoms with Gasteiger partial charge in [0.25, 0.3) is 0 Å². The van der Waals surface area contributed by atoms with Crippen molar-refractivity contribution >= 4 is 11.0 Å². The minimum absolute atomic E-state index is 0.293. The molecule has 1 aromatic heterocycles. The molecule has 0 saturated heterocycles. The van der Waals surface area contributed by atoms with Crippen LogP contribution in [0.2, 0.25) is 0 Å². The fraction of sp³-hybridized carbons (Fsp3) is 0.556. The van der Waals surface area contributed by atoms with Crippen LogP contribution in [-0.2, 0) is 0 Å². The largest absolute Gasteiger partial charge is 0.309 e. The van der Waals surface area contributed by atoms with Gasteiger partial charge in [-0.3, -0.25) is 4.98 Å². The quantitative estimate of drug-likeness (QED) is 0.849. The first-order valence-corrected chi connectivity index (χ1v) is 7.94. The fourth-order valence-corrected chi connectivity index (χ4v) is 2.39. The van der Waals surface area contributed by atoms with E-state index in [1.54, 1.807) is 0 Å². The van der Waals surface area contributed by atoms with E-state index in [0.29, 0.717) is 11.5 Å². The molecule has 1 aromatic carbocycles. The summed E-state index contributed by atoms with van der Waals surface area (Å²) in [5.41, 5.74) is 3.35. The zero-order valence-electron chi connectivity index (χ0n) is 13.7. The fourth-order valence-electron chi connectivity index (χ4n) is 2.39. The standard InChI is InChI=1S/C18H27N3/c1-5-12-19-15(10-11-18(2,3)4)17-13-20-14-8-6-7-9-16(14)21-17/h6-9,13,15,19H,5,10-12H2,1-4H3. The summed E-state index contributed by atoms with van der Waals surface area (Å²) in [5, 5.41) is 3.62. The van der Waals surface area contributed by atoms with Crippen LogP contribution in [-0.4, -0.2) is 16.5 Å². The van der Waals surface area contributed by atoms with Gasteiger partial charge in [-0.1, -0.05) is 39.8 Å². The summed E-state index contributed by atoms with van der Waals surface area (Å²) in [5.74, 6) is 0. The van der Waals surface area contributed by atoms with Gasteiger partial charge < -0.3 is 5.32 Å². The molecule has 1 N–H and O–H groups in total. The Labute approximate surface area is 128 Å². The summed E-state index contributed by atoms with van der Waals surface area (Å²) in [7, 11) is 0. The Morgan fingerprint density at radius 2 is 1.86 bits per heavy atom. The van der Waals surface area contributed by atoms with E-state index in [1.807, 2.05) is 30.5 Å². The molecule has 0 aliphatic rings. The highest BCUT2D eigenvalue weighted by molar-refractivity contribution is 5.73. The van der Waals surface area contributed by atoms with Crippen LogP contribution in [0.4, 0.5) is 0 Å². The predicted octanol–water partition coefficient (Wildman–Crippen LogP) is 4.50. The predicted molar refractivity (Wildman–Crippen MR) is 89.3 cm³/mol. The van der Waals surface area contributed by atoms with Crippen molar-refractivity contribution in [2.45, 2.75) is 53.0 Å². The third-order valence-electron chi connectivity index (χ3n) is 3.65. The Hall–Kier alpha value is -1.48. The number of nitrogens with one attached hydrogen (secondary N) is 1. The number of rotatable bonds is 6. The third kappa shape index (κ3) is 4.78. The van der Waals surface area contributed by atoms with Crippen molar-refractivity contribution in [3.05, 3.63) is 36.2 Å². The Balaban J connectivity index is 2.20. The molecule has 2 rings (SSSR count). The number of hydrogen-bond donors (Lipinski definition) is 1. The van der Waals surface area contributed by atoms with E-state index >= 15 is 0 Å². The number of fused-ring (bicyclic) bond motifs is 1. The summed E-state index contributed by atoms with van der Waals surface area (Å²) in [6, 6.07) is 8.36. The van der Waals surface area contributed by atoms with Crippen LogP contribution in [0.5, 0.6) is 0 Å². The molecule has 0 aliphatic heterocycles. The minimum Gasteiger partial charge on any atom is -0.309 e. The number of aromatic nitrogens is 2. The molecule has 0 spiro atoms. The first-order chi connectivity index (χ1) is 9.99. The lowest BCUT2D eigenvalue weighted by Gasteiger charge is -2.23. The lowest BCUT2D eigenvalue weighted by Crippen LogP contribution is -2.24. The van der Waals surface area contributed by atoms with E-state index < -0.39 is 0 Å². The number of benzene rings is 1.